The van der Waals surface area contributed by atoms with Crippen molar-refractivity contribution in [1.82, 2.24) is 19.4 Å². The van der Waals surface area contributed by atoms with E-state index >= 15 is 0 Å². The van der Waals surface area contributed by atoms with Gasteiger partial charge in [-0.15, -0.1) is 0 Å². The Morgan fingerprint density at radius 2 is 2.33 bits per heavy atom. The monoisotopic (exact) mass is 348 g/mol. The molecule has 3 rings (SSSR count). The van der Waals surface area contributed by atoms with E-state index in [-0.39, 0.29) is 11.8 Å². The smallest absolute Gasteiger partial charge is 0.255 e. The van der Waals surface area contributed by atoms with Crippen molar-refractivity contribution in [2.24, 2.45) is 5.92 Å². The summed E-state index contributed by atoms with van der Waals surface area (Å²) in [6.45, 7) is 4.35. The molecule has 2 aromatic heterocycles. The van der Waals surface area contributed by atoms with E-state index in [0.717, 1.165) is 24.5 Å². The number of aromatic nitrogens is 2. The van der Waals surface area contributed by atoms with Crippen LogP contribution in [0.2, 0.25) is 0 Å². The molecule has 7 heteroatoms. The fourth-order valence-electron chi connectivity index (χ4n) is 2.87. The Balaban J connectivity index is 1.67. The van der Waals surface area contributed by atoms with Gasteiger partial charge in [-0.3, -0.25) is 4.79 Å². The Morgan fingerprint density at radius 3 is 3.08 bits per heavy atom. The normalized spacial score (nSPS) is 17.8. The summed E-state index contributed by atoms with van der Waals surface area (Å²) in [5, 5.41) is 3.84. The van der Waals surface area contributed by atoms with Crippen molar-refractivity contribution in [1.29, 1.82) is 0 Å². The van der Waals surface area contributed by atoms with Crippen LogP contribution in [0.15, 0.2) is 29.2 Å². The van der Waals surface area contributed by atoms with E-state index in [1.54, 1.807) is 17.5 Å². The molecule has 1 aliphatic heterocycles. The largest absolute Gasteiger partial charge is 0.380 e. The molecule has 1 atom stereocenters. The number of ether oxygens (including phenoxy) is 1. The number of amides is 1. The number of carbonyl (C=O) groups excluding carboxylic acids is 1. The molecular formula is C17H24N4O2S. The molecule has 0 aromatic carbocycles. The number of rotatable bonds is 6. The van der Waals surface area contributed by atoms with E-state index in [9.17, 15) is 4.79 Å². The lowest BCUT2D eigenvalue weighted by molar-refractivity contribution is 0.0564. The van der Waals surface area contributed by atoms with Gasteiger partial charge in [0.25, 0.3) is 5.91 Å². The standard InChI is InChI=1S/C17H24N4O2S/c1-19(2)6-7-23-12-14-9-20-5-4-18-16(20)11-21(10-14)17(22)15-3-8-24-13-15/h3-5,8,13-14H,6-7,9-12H2,1-2H3. The minimum Gasteiger partial charge on any atom is -0.380 e. The minimum atomic E-state index is 0.0750. The average molecular weight is 348 g/mol. The molecule has 3 heterocycles. The van der Waals surface area contributed by atoms with Gasteiger partial charge in [-0.1, -0.05) is 0 Å². The quantitative estimate of drug-likeness (QED) is 0.747. The summed E-state index contributed by atoms with van der Waals surface area (Å²) in [6.07, 6.45) is 3.79. The van der Waals surface area contributed by atoms with Gasteiger partial charge in [-0.05, 0) is 25.5 Å². The SMILES string of the molecule is CN(C)CCOCC1CN(C(=O)c2ccsc2)Cc2nccn2C1. The van der Waals surface area contributed by atoms with Crippen LogP contribution in [0.1, 0.15) is 16.2 Å². The highest BCUT2D eigenvalue weighted by Gasteiger charge is 2.26. The van der Waals surface area contributed by atoms with Crippen molar-refractivity contribution < 1.29 is 9.53 Å². The van der Waals surface area contributed by atoms with E-state index in [1.165, 1.54) is 0 Å². The fraction of sp³-hybridized carbons (Fsp3) is 0.529. The molecule has 1 unspecified atom stereocenters. The second kappa shape index (κ2) is 7.92. The second-order valence-corrected chi connectivity index (χ2v) is 7.22. The van der Waals surface area contributed by atoms with E-state index in [2.05, 4.69) is 14.5 Å². The van der Waals surface area contributed by atoms with Crippen LogP contribution in [0, 0.1) is 5.92 Å². The van der Waals surface area contributed by atoms with Crippen LogP contribution in [0.25, 0.3) is 0 Å². The molecule has 2 aromatic rings. The highest BCUT2D eigenvalue weighted by Crippen LogP contribution is 2.19. The summed E-state index contributed by atoms with van der Waals surface area (Å²) in [4.78, 5) is 21.2. The lowest BCUT2D eigenvalue weighted by Gasteiger charge is -2.24. The number of imidazole rings is 1. The number of carbonyl (C=O) groups is 1. The Hall–Kier alpha value is -1.70. The molecule has 130 valence electrons. The Kier molecular flexibility index (Phi) is 5.65. The highest BCUT2D eigenvalue weighted by atomic mass is 32.1. The number of hydrogen-bond donors (Lipinski definition) is 0. The van der Waals surface area contributed by atoms with Crippen molar-refractivity contribution in [3.8, 4) is 0 Å². The van der Waals surface area contributed by atoms with Gasteiger partial charge in [0.05, 0.1) is 25.3 Å². The maximum Gasteiger partial charge on any atom is 0.255 e. The molecule has 0 saturated carbocycles. The van der Waals surface area contributed by atoms with Crippen LogP contribution in [-0.4, -0.2) is 65.7 Å². The summed E-state index contributed by atoms with van der Waals surface area (Å²) < 4.78 is 7.98. The predicted molar refractivity (Wildman–Crippen MR) is 94.1 cm³/mol. The molecule has 1 amide bonds. The number of fused-ring (bicyclic) bond motifs is 1. The Labute approximate surface area is 146 Å². The molecule has 0 N–H and O–H groups in total. The van der Waals surface area contributed by atoms with Gasteiger partial charge in [-0.2, -0.15) is 11.3 Å². The van der Waals surface area contributed by atoms with Crippen LogP contribution in [-0.2, 0) is 17.8 Å². The van der Waals surface area contributed by atoms with Crippen molar-refractivity contribution in [2.45, 2.75) is 13.1 Å². The van der Waals surface area contributed by atoms with Crippen LogP contribution >= 0.6 is 11.3 Å². The predicted octanol–water partition coefficient (Wildman–Crippen LogP) is 1.79. The zero-order valence-electron chi connectivity index (χ0n) is 14.2. The lowest BCUT2D eigenvalue weighted by Crippen LogP contribution is -2.35. The average Bonchev–Trinajstić information content (AvgIpc) is 3.19. The van der Waals surface area contributed by atoms with Crippen molar-refractivity contribution in [2.75, 3.05) is 40.4 Å². The second-order valence-electron chi connectivity index (χ2n) is 6.44. The van der Waals surface area contributed by atoms with Crippen molar-refractivity contribution >= 4 is 17.2 Å². The first-order valence-corrected chi connectivity index (χ1v) is 9.11. The summed E-state index contributed by atoms with van der Waals surface area (Å²) in [5.74, 6) is 1.28. The minimum absolute atomic E-state index is 0.0750. The number of nitrogens with zero attached hydrogens (tertiary/aromatic N) is 4. The first-order chi connectivity index (χ1) is 11.6. The van der Waals surface area contributed by atoms with Crippen LogP contribution in [0.3, 0.4) is 0 Å². The zero-order valence-corrected chi connectivity index (χ0v) is 15.0. The molecule has 24 heavy (non-hydrogen) atoms. The third-order valence-corrected chi connectivity index (χ3v) is 4.84. The molecule has 1 aliphatic rings. The van der Waals surface area contributed by atoms with Gasteiger partial charge >= 0.3 is 0 Å². The lowest BCUT2D eigenvalue weighted by atomic mass is 10.1. The van der Waals surface area contributed by atoms with Crippen molar-refractivity contribution in [3.05, 3.63) is 40.6 Å². The molecule has 0 fully saturated rings. The third-order valence-electron chi connectivity index (χ3n) is 4.16. The van der Waals surface area contributed by atoms with Crippen LogP contribution in [0.4, 0.5) is 0 Å². The zero-order chi connectivity index (χ0) is 16.9. The fourth-order valence-corrected chi connectivity index (χ4v) is 3.50. The summed E-state index contributed by atoms with van der Waals surface area (Å²) in [7, 11) is 4.07. The van der Waals surface area contributed by atoms with E-state index in [4.69, 9.17) is 4.74 Å². The summed E-state index contributed by atoms with van der Waals surface area (Å²) in [6, 6.07) is 1.88. The van der Waals surface area contributed by atoms with Gasteiger partial charge in [0.2, 0.25) is 0 Å². The molecule has 0 saturated heterocycles. The first-order valence-electron chi connectivity index (χ1n) is 8.17. The maximum absolute atomic E-state index is 12.8. The molecule has 0 radical (unpaired) electrons. The molecule has 0 bridgehead atoms. The summed E-state index contributed by atoms with van der Waals surface area (Å²) in [5.41, 5.74) is 0.757. The number of hydrogen-bond acceptors (Lipinski definition) is 5. The van der Waals surface area contributed by atoms with Gasteiger partial charge in [0.1, 0.15) is 5.82 Å². The number of thiophene rings is 1. The molecule has 6 nitrogen and oxygen atoms in total. The van der Waals surface area contributed by atoms with Crippen molar-refractivity contribution in [3.63, 3.8) is 0 Å². The maximum atomic E-state index is 12.8. The van der Waals surface area contributed by atoms with E-state index in [0.29, 0.717) is 26.3 Å². The highest BCUT2D eigenvalue weighted by molar-refractivity contribution is 7.08. The number of likely N-dealkylation sites (N-methyl/N-ethyl adjacent to an activating group) is 1. The Bertz CT molecular complexity index is 653. The molecule has 0 spiro atoms. The van der Waals surface area contributed by atoms with Gasteiger partial charge < -0.3 is 19.1 Å². The van der Waals surface area contributed by atoms with Crippen LogP contribution < -0.4 is 0 Å². The van der Waals surface area contributed by atoms with Crippen LogP contribution in [0.5, 0.6) is 0 Å². The van der Waals surface area contributed by atoms with E-state index in [1.807, 2.05) is 42.0 Å². The Morgan fingerprint density at radius 1 is 1.46 bits per heavy atom. The topological polar surface area (TPSA) is 50.6 Å². The first kappa shape index (κ1) is 17.1. The summed E-state index contributed by atoms with van der Waals surface area (Å²) >= 11 is 1.55. The molecular weight excluding hydrogens is 324 g/mol. The van der Waals surface area contributed by atoms with Gasteiger partial charge in [-0.25, -0.2) is 4.98 Å². The third kappa shape index (κ3) is 4.23. The molecule has 0 aliphatic carbocycles. The van der Waals surface area contributed by atoms with E-state index < -0.39 is 0 Å². The van der Waals surface area contributed by atoms with Gasteiger partial charge in [0.15, 0.2) is 0 Å². The van der Waals surface area contributed by atoms with Gasteiger partial charge in [0, 0.05) is 43.3 Å².